The summed E-state index contributed by atoms with van der Waals surface area (Å²) in [6.07, 6.45) is 3.85. The Morgan fingerprint density at radius 3 is 2.25 bits per heavy atom. The number of aromatic nitrogens is 1. The highest BCUT2D eigenvalue weighted by Gasteiger charge is 2.16. The molecule has 0 radical (unpaired) electrons. The maximum atomic E-state index is 6.15. The van der Waals surface area contributed by atoms with Crippen LogP contribution >= 0.6 is 0 Å². The topological polar surface area (TPSA) is 43.4 Å². The van der Waals surface area contributed by atoms with E-state index >= 15 is 0 Å². The third-order valence-electron chi connectivity index (χ3n) is 4.14. The lowest BCUT2D eigenvalue weighted by Crippen LogP contribution is -2.15. The number of rotatable bonds is 7. The highest BCUT2D eigenvalue weighted by atomic mass is 16.5. The highest BCUT2D eigenvalue weighted by Crippen LogP contribution is 2.38. The molecule has 4 nitrogen and oxygen atoms in total. The summed E-state index contributed by atoms with van der Waals surface area (Å²) in [7, 11) is 1.86. The summed E-state index contributed by atoms with van der Waals surface area (Å²) < 4.78 is 12.3. The van der Waals surface area contributed by atoms with Crippen LogP contribution in [0.3, 0.4) is 0 Å². The molecule has 0 aliphatic carbocycles. The number of nitrogens with one attached hydrogen (secondary N) is 1. The number of ether oxygens (including phenoxy) is 2. The molecule has 0 bridgehead atoms. The first-order chi connectivity index (χ1) is 11.5. The molecule has 0 saturated carbocycles. The maximum absolute atomic E-state index is 6.15. The van der Waals surface area contributed by atoms with Crippen LogP contribution in [0.2, 0.25) is 0 Å². The van der Waals surface area contributed by atoms with Crippen molar-refractivity contribution in [1.29, 1.82) is 0 Å². The first kappa shape index (κ1) is 18.1. The Morgan fingerprint density at radius 1 is 1.08 bits per heavy atom. The minimum atomic E-state index is 0.190. The molecular formula is C20H28N2O2. The van der Waals surface area contributed by atoms with Gasteiger partial charge in [0.1, 0.15) is 17.2 Å². The Bertz CT molecular complexity index is 671. The molecule has 1 aromatic heterocycles. The summed E-state index contributed by atoms with van der Waals surface area (Å²) >= 11 is 0. The number of hydrogen-bond acceptors (Lipinski definition) is 4. The summed E-state index contributed by atoms with van der Waals surface area (Å²) in [5.41, 5.74) is 4.21. The van der Waals surface area contributed by atoms with Crippen molar-refractivity contribution >= 4 is 5.69 Å². The third-order valence-corrected chi connectivity index (χ3v) is 4.14. The minimum absolute atomic E-state index is 0.190. The first-order valence-electron chi connectivity index (χ1n) is 8.59. The zero-order valence-corrected chi connectivity index (χ0v) is 15.6. The number of anilines is 1. The molecule has 0 aliphatic rings. The molecule has 1 N–H and O–H groups in total. The molecule has 1 aromatic carbocycles. The Labute approximate surface area is 145 Å². The molecule has 2 aromatic rings. The highest BCUT2D eigenvalue weighted by molar-refractivity contribution is 5.64. The van der Waals surface area contributed by atoms with E-state index in [2.05, 4.69) is 57.1 Å². The van der Waals surface area contributed by atoms with Gasteiger partial charge in [-0.1, -0.05) is 31.5 Å². The molecule has 0 spiro atoms. The molecule has 0 unspecified atom stereocenters. The van der Waals surface area contributed by atoms with Crippen molar-refractivity contribution in [3.63, 3.8) is 0 Å². The third kappa shape index (κ3) is 3.99. The second-order valence-electron chi connectivity index (χ2n) is 6.13. The van der Waals surface area contributed by atoms with Crippen LogP contribution in [0.5, 0.6) is 17.4 Å². The molecule has 0 saturated heterocycles. The lowest BCUT2D eigenvalue weighted by atomic mass is 10.1. The quantitative estimate of drug-likeness (QED) is 0.738. The monoisotopic (exact) mass is 328 g/mol. The van der Waals surface area contributed by atoms with Crippen LogP contribution in [-0.2, 0) is 0 Å². The number of hydrogen-bond donors (Lipinski definition) is 1. The van der Waals surface area contributed by atoms with Gasteiger partial charge < -0.3 is 14.8 Å². The lowest BCUT2D eigenvalue weighted by Gasteiger charge is -2.20. The summed E-state index contributed by atoms with van der Waals surface area (Å²) in [6.45, 7) is 10.5. The van der Waals surface area contributed by atoms with Gasteiger partial charge in [-0.05, 0) is 44.7 Å². The first-order valence-corrected chi connectivity index (χ1v) is 8.59. The van der Waals surface area contributed by atoms with E-state index in [4.69, 9.17) is 9.47 Å². The number of benzene rings is 1. The van der Waals surface area contributed by atoms with Crippen molar-refractivity contribution in [3.8, 4) is 17.4 Å². The van der Waals surface area contributed by atoms with Gasteiger partial charge in [0.25, 0.3) is 0 Å². The summed E-state index contributed by atoms with van der Waals surface area (Å²) in [5, 5.41) is 3.18. The lowest BCUT2D eigenvalue weighted by molar-refractivity contribution is 0.193. The van der Waals surface area contributed by atoms with Crippen molar-refractivity contribution in [2.45, 2.75) is 53.6 Å². The molecule has 0 atom stereocenters. The SMILES string of the molecule is CCC(CC)Oc1ccnc(Oc2c(C)cc(C)cc2C)c1NC. The van der Waals surface area contributed by atoms with Gasteiger partial charge >= 0.3 is 0 Å². The molecule has 24 heavy (non-hydrogen) atoms. The fourth-order valence-corrected chi connectivity index (χ4v) is 2.89. The second-order valence-corrected chi connectivity index (χ2v) is 6.13. The maximum Gasteiger partial charge on any atom is 0.246 e. The normalized spacial score (nSPS) is 10.8. The average Bonchev–Trinajstić information content (AvgIpc) is 2.55. The van der Waals surface area contributed by atoms with E-state index in [0.717, 1.165) is 41.2 Å². The minimum Gasteiger partial charge on any atom is -0.488 e. The van der Waals surface area contributed by atoms with Crippen LogP contribution < -0.4 is 14.8 Å². The van der Waals surface area contributed by atoms with Gasteiger partial charge in [-0.25, -0.2) is 4.98 Å². The van der Waals surface area contributed by atoms with Crippen molar-refractivity contribution in [3.05, 3.63) is 41.1 Å². The van der Waals surface area contributed by atoms with Crippen molar-refractivity contribution in [2.24, 2.45) is 0 Å². The van der Waals surface area contributed by atoms with Crippen LogP contribution in [0.1, 0.15) is 43.4 Å². The predicted octanol–water partition coefficient (Wildman–Crippen LogP) is 5.41. The summed E-state index contributed by atoms with van der Waals surface area (Å²) in [4.78, 5) is 4.40. The average molecular weight is 328 g/mol. The van der Waals surface area contributed by atoms with E-state index in [1.165, 1.54) is 5.56 Å². The zero-order valence-electron chi connectivity index (χ0n) is 15.6. The number of pyridine rings is 1. The van der Waals surface area contributed by atoms with E-state index in [1.807, 2.05) is 13.1 Å². The van der Waals surface area contributed by atoms with Crippen LogP contribution in [0.25, 0.3) is 0 Å². The van der Waals surface area contributed by atoms with Gasteiger partial charge in [-0.3, -0.25) is 0 Å². The fraction of sp³-hybridized carbons (Fsp3) is 0.450. The largest absolute Gasteiger partial charge is 0.488 e. The predicted molar refractivity (Wildman–Crippen MR) is 99.5 cm³/mol. The molecule has 1 heterocycles. The summed E-state index contributed by atoms with van der Waals surface area (Å²) in [6, 6.07) is 6.11. The van der Waals surface area contributed by atoms with E-state index in [0.29, 0.717) is 5.88 Å². The van der Waals surface area contributed by atoms with Crippen LogP contribution in [-0.4, -0.2) is 18.1 Å². The Morgan fingerprint density at radius 2 is 1.71 bits per heavy atom. The molecule has 4 heteroatoms. The molecule has 130 valence electrons. The van der Waals surface area contributed by atoms with Gasteiger partial charge in [-0.15, -0.1) is 0 Å². The number of nitrogens with zero attached hydrogens (tertiary/aromatic N) is 1. The van der Waals surface area contributed by atoms with E-state index in [-0.39, 0.29) is 6.10 Å². The molecule has 0 aliphatic heterocycles. The van der Waals surface area contributed by atoms with Crippen LogP contribution in [0.4, 0.5) is 5.69 Å². The Balaban J connectivity index is 2.38. The van der Waals surface area contributed by atoms with Gasteiger partial charge in [-0.2, -0.15) is 0 Å². The van der Waals surface area contributed by atoms with Gasteiger partial charge in [0.05, 0.1) is 6.10 Å². The van der Waals surface area contributed by atoms with Gasteiger partial charge in [0, 0.05) is 19.3 Å². The zero-order chi connectivity index (χ0) is 17.7. The second kappa shape index (κ2) is 8.04. The van der Waals surface area contributed by atoms with Crippen LogP contribution in [0.15, 0.2) is 24.4 Å². The van der Waals surface area contributed by atoms with Crippen molar-refractivity contribution < 1.29 is 9.47 Å². The van der Waals surface area contributed by atoms with Crippen LogP contribution in [0, 0.1) is 20.8 Å². The Kier molecular flexibility index (Phi) is 6.07. The number of aryl methyl sites for hydroxylation is 3. The van der Waals surface area contributed by atoms with E-state index in [9.17, 15) is 0 Å². The van der Waals surface area contributed by atoms with E-state index in [1.54, 1.807) is 6.20 Å². The molecule has 2 rings (SSSR count). The molecule has 0 amide bonds. The van der Waals surface area contributed by atoms with Crippen molar-refractivity contribution in [2.75, 3.05) is 12.4 Å². The summed E-state index contributed by atoms with van der Waals surface area (Å²) in [5.74, 6) is 2.17. The van der Waals surface area contributed by atoms with Gasteiger partial charge in [0.15, 0.2) is 0 Å². The van der Waals surface area contributed by atoms with Crippen molar-refractivity contribution in [1.82, 2.24) is 4.98 Å². The van der Waals surface area contributed by atoms with Gasteiger partial charge in [0.2, 0.25) is 5.88 Å². The van der Waals surface area contributed by atoms with E-state index < -0.39 is 0 Å². The Hall–Kier alpha value is -2.23. The fourth-order valence-electron chi connectivity index (χ4n) is 2.89. The molecular weight excluding hydrogens is 300 g/mol. The molecule has 0 fully saturated rings. The standard InChI is InChI=1S/C20H28N2O2/c1-7-16(8-2)23-17-9-10-22-20(18(17)21-6)24-19-14(4)11-13(3)12-15(19)5/h9-12,16,21H,7-8H2,1-6H3. The smallest absolute Gasteiger partial charge is 0.246 e.